The second-order valence-corrected chi connectivity index (χ2v) is 4.62. The molecule has 1 heterocycles. The lowest BCUT2D eigenvalue weighted by molar-refractivity contribution is -0.133. The molecule has 0 spiro atoms. The summed E-state index contributed by atoms with van der Waals surface area (Å²) in [6.07, 6.45) is 0.254. The average Bonchev–Trinajstić information content (AvgIpc) is 2.36. The van der Waals surface area contributed by atoms with Crippen molar-refractivity contribution in [1.29, 1.82) is 0 Å². The monoisotopic (exact) mass is 257 g/mol. The molecule has 1 aliphatic heterocycles. The summed E-state index contributed by atoms with van der Waals surface area (Å²) in [5, 5.41) is 0. The Morgan fingerprint density at radius 3 is 2.17 bits per heavy atom. The lowest BCUT2D eigenvalue weighted by Crippen LogP contribution is -2.51. The van der Waals surface area contributed by atoms with Gasteiger partial charge in [0.05, 0.1) is 6.61 Å². The molecule has 1 aliphatic rings. The fourth-order valence-electron chi connectivity index (χ4n) is 1.83. The molecule has 0 N–H and O–H groups in total. The molecule has 104 valence electrons. The molecule has 0 aromatic heterocycles. The number of carbonyl (C=O) groups excluding carboxylic acids is 2. The van der Waals surface area contributed by atoms with E-state index in [1.807, 2.05) is 23.9 Å². The van der Waals surface area contributed by atoms with Crippen LogP contribution < -0.4 is 0 Å². The van der Waals surface area contributed by atoms with Gasteiger partial charge in [0.15, 0.2) is 0 Å². The Labute approximate surface area is 108 Å². The Bertz CT molecular complexity index is 286. The molecule has 0 saturated carbocycles. The van der Waals surface area contributed by atoms with Crippen LogP contribution in [0.1, 0.15) is 13.3 Å². The second-order valence-electron chi connectivity index (χ2n) is 4.62. The third kappa shape index (κ3) is 4.52. The Morgan fingerprint density at radius 1 is 1.11 bits per heavy atom. The highest BCUT2D eigenvalue weighted by molar-refractivity contribution is 5.77. The first kappa shape index (κ1) is 14.8. The molecule has 0 unspecified atom stereocenters. The Morgan fingerprint density at radius 2 is 1.67 bits per heavy atom. The van der Waals surface area contributed by atoms with Crippen molar-refractivity contribution in [1.82, 2.24) is 14.7 Å². The highest BCUT2D eigenvalue weighted by atomic mass is 16.6. The maximum Gasteiger partial charge on any atom is 0.409 e. The van der Waals surface area contributed by atoms with Crippen LogP contribution in [0.5, 0.6) is 0 Å². The number of amides is 2. The largest absolute Gasteiger partial charge is 0.450 e. The van der Waals surface area contributed by atoms with Gasteiger partial charge in [0.1, 0.15) is 0 Å². The average molecular weight is 257 g/mol. The number of carbonyl (C=O) groups is 2. The van der Waals surface area contributed by atoms with Gasteiger partial charge in [-0.05, 0) is 21.0 Å². The summed E-state index contributed by atoms with van der Waals surface area (Å²) in [7, 11) is 3.90. The van der Waals surface area contributed by atoms with Gasteiger partial charge in [0.2, 0.25) is 5.91 Å². The third-order valence-electron chi connectivity index (χ3n) is 2.93. The van der Waals surface area contributed by atoms with Crippen molar-refractivity contribution in [2.45, 2.75) is 13.3 Å². The minimum Gasteiger partial charge on any atom is -0.450 e. The molecule has 0 atom stereocenters. The van der Waals surface area contributed by atoms with E-state index < -0.39 is 0 Å². The predicted molar refractivity (Wildman–Crippen MR) is 68.3 cm³/mol. The maximum atomic E-state index is 11.9. The molecule has 0 aromatic rings. The zero-order valence-corrected chi connectivity index (χ0v) is 11.5. The van der Waals surface area contributed by atoms with Crippen LogP contribution in [0.4, 0.5) is 4.79 Å². The summed E-state index contributed by atoms with van der Waals surface area (Å²) in [5.74, 6) is 0.159. The van der Waals surface area contributed by atoms with E-state index in [0.29, 0.717) is 39.2 Å². The first-order valence-electron chi connectivity index (χ1n) is 6.38. The van der Waals surface area contributed by atoms with E-state index in [1.165, 1.54) is 0 Å². The van der Waals surface area contributed by atoms with Crippen LogP contribution in [-0.4, -0.2) is 80.1 Å². The molecular formula is C12H23N3O3. The minimum atomic E-state index is -0.280. The van der Waals surface area contributed by atoms with Gasteiger partial charge >= 0.3 is 6.09 Å². The van der Waals surface area contributed by atoms with Gasteiger partial charge in [0, 0.05) is 39.1 Å². The standard InChI is InChI=1S/C12H23N3O3/c1-4-18-12(17)15-9-7-14(8-10-15)11(16)5-6-13(2)3/h4-10H2,1-3H3. The Kier molecular flexibility index (Phi) is 5.91. The molecule has 1 fully saturated rings. The molecular weight excluding hydrogens is 234 g/mol. The molecule has 0 aromatic carbocycles. The number of hydrogen-bond donors (Lipinski definition) is 0. The number of piperazine rings is 1. The topological polar surface area (TPSA) is 53.1 Å². The summed E-state index contributed by atoms with van der Waals surface area (Å²) in [4.78, 5) is 28.8. The predicted octanol–water partition coefficient (Wildman–Crippen LogP) is 0.239. The van der Waals surface area contributed by atoms with Gasteiger partial charge < -0.3 is 19.4 Å². The molecule has 6 nitrogen and oxygen atoms in total. The summed E-state index contributed by atoms with van der Waals surface area (Å²) < 4.78 is 4.93. The van der Waals surface area contributed by atoms with Crippen molar-refractivity contribution in [3.8, 4) is 0 Å². The molecule has 2 amide bonds. The van der Waals surface area contributed by atoms with Crippen molar-refractivity contribution in [3.05, 3.63) is 0 Å². The van der Waals surface area contributed by atoms with Crippen LogP contribution in [0.15, 0.2) is 0 Å². The van der Waals surface area contributed by atoms with Gasteiger partial charge in [-0.2, -0.15) is 0 Å². The van der Waals surface area contributed by atoms with Gasteiger partial charge in [-0.1, -0.05) is 0 Å². The normalized spacial score (nSPS) is 16.0. The van der Waals surface area contributed by atoms with Crippen molar-refractivity contribution < 1.29 is 14.3 Å². The summed E-state index contributed by atoms with van der Waals surface area (Å²) in [6.45, 7) is 5.27. The Balaban J connectivity index is 2.30. The number of hydrogen-bond acceptors (Lipinski definition) is 4. The first-order valence-corrected chi connectivity index (χ1v) is 6.38. The van der Waals surface area contributed by atoms with Crippen molar-refractivity contribution in [2.75, 3.05) is 53.4 Å². The molecule has 1 rings (SSSR count). The second kappa shape index (κ2) is 7.20. The molecule has 1 saturated heterocycles. The van der Waals surface area contributed by atoms with E-state index in [9.17, 15) is 9.59 Å². The fourth-order valence-corrected chi connectivity index (χ4v) is 1.83. The van der Waals surface area contributed by atoms with Crippen molar-refractivity contribution in [2.24, 2.45) is 0 Å². The number of ether oxygens (including phenoxy) is 1. The Hall–Kier alpha value is -1.30. The van der Waals surface area contributed by atoms with Crippen LogP contribution in [0.2, 0.25) is 0 Å². The summed E-state index contributed by atoms with van der Waals surface area (Å²) in [6, 6.07) is 0. The maximum absolute atomic E-state index is 11.9. The highest BCUT2D eigenvalue weighted by Gasteiger charge is 2.24. The highest BCUT2D eigenvalue weighted by Crippen LogP contribution is 2.05. The van der Waals surface area contributed by atoms with E-state index in [-0.39, 0.29) is 12.0 Å². The SMILES string of the molecule is CCOC(=O)N1CCN(C(=O)CCN(C)C)CC1. The van der Waals surface area contributed by atoms with Crippen LogP contribution in [0, 0.1) is 0 Å². The van der Waals surface area contributed by atoms with E-state index >= 15 is 0 Å². The van der Waals surface area contributed by atoms with Gasteiger partial charge in [0.25, 0.3) is 0 Å². The molecule has 6 heteroatoms. The zero-order valence-electron chi connectivity index (χ0n) is 11.5. The fraction of sp³-hybridized carbons (Fsp3) is 0.833. The van der Waals surface area contributed by atoms with Crippen LogP contribution in [0.25, 0.3) is 0 Å². The molecule has 0 bridgehead atoms. The van der Waals surface area contributed by atoms with Crippen LogP contribution in [0.3, 0.4) is 0 Å². The van der Waals surface area contributed by atoms with E-state index in [0.717, 1.165) is 6.54 Å². The third-order valence-corrected chi connectivity index (χ3v) is 2.93. The van der Waals surface area contributed by atoms with Crippen LogP contribution >= 0.6 is 0 Å². The van der Waals surface area contributed by atoms with Gasteiger partial charge in [-0.15, -0.1) is 0 Å². The van der Waals surface area contributed by atoms with E-state index in [4.69, 9.17) is 4.74 Å². The molecule has 0 aliphatic carbocycles. The van der Waals surface area contributed by atoms with E-state index in [2.05, 4.69) is 0 Å². The lowest BCUT2D eigenvalue weighted by atomic mass is 10.3. The smallest absolute Gasteiger partial charge is 0.409 e. The summed E-state index contributed by atoms with van der Waals surface area (Å²) in [5.41, 5.74) is 0. The number of nitrogens with zero attached hydrogens (tertiary/aromatic N) is 3. The quantitative estimate of drug-likeness (QED) is 0.724. The lowest BCUT2D eigenvalue weighted by Gasteiger charge is -2.34. The van der Waals surface area contributed by atoms with Crippen LogP contribution in [-0.2, 0) is 9.53 Å². The molecule has 0 radical (unpaired) electrons. The van der Waals surface area contributed by atoms with Crippen molar-refractivity contribution >= 4 is 12.0 Å². The zero-order chi connectivity index (χ0) is 13.5. The molecule has 18 heavy (non-hydrogen) atoms. The van der Waals surface area contributed by atoms with Gasteiger partial charge in [-0.3, -0.25) is 4.79 Å². The minimum absolute atomic E-state index is 0.159. The van der Waals surface area contributed by atoms with Crippen molar-refractivity contribution in [3.63, 3.8) is 0 Å². The van der Waals surface area contributed by atoms with Gasteiger partial charge in [-0.25, -0.2) is 4.79 Å². The summed E-state index contributed by atoms with van der Waals surface area (Å²) >= 11 is 0. The van der Waals surface area contributed by atoms with E-state index in [1.54, 1.807) is 11.8 Å². The first-order chi connectivity index (χ1) is 8.54. The number of rotatable bonds is 4.